The maximum atomic E-state index is 13.7. The van der Waals surface area contributed by atoms with Crippen LogP contribution < -0.4 is 5.32 Å². The van der Waals surface area contributed by atoms with E-state index in [0.29, 0.717) is 0 Å². The maximum Gasteiger partial charge on any atom is 0.335 e. The molecule has 0 bridgehead atoms. The number of anilines is 1. The number of aromatic carboxylic acids is 1. The average molecular weight is 265 g/mol. The number of rotatable bonds is 4. The second kappa shape index (κ2) is 4.99. The molecule has 1 saturated carbocycles. The van der Waals surface area contributed by atoms with Crippen molar-refractivity contribution in [3.05, 3.63) is 29.6 Å². The van der Waals surface area contributed by atoms with Crippen LogP contribution in [-0.4, -0.2) is 17.0 Å². The summed E-state index contributed by atoms with van der Waals surface area (Å²) in [5.74, 6) is -2.09. The Morgan fingerprint density at radius 3 is 2.53 bits per heavy atom. The van der Waals surface area contributed by atoms with E-state index in [-0.39, 0.29) is 22.6 Å². The smallest absolute Gasteiger partial charge is 0.335 e. The molecule has 1 fully saturated rings. The van der Waals surface area contributed by atoms with E-state index < -0.39 is 11.8 Å². The normalized spacial score (nSPS) is 16.5. The monoisotopic (exact) mass is 265 g/mol. The van der Waals surface area contributed by atoms with Crippen LogP contribution in [-0.2, 0) is 4.79 Å². The van der Waals surface area contributed by atoms with Gasteiger partial charge in [0.05, 0.1) is 11.3 Å². The first-order valence-corrected chi connectivity index (χ1v) is 6.33. The molecule has 0 aromatic heterocycles. The van der Waals surface area contributed by atoms with Gasteiger partial charge in [-0.05, 0) is 37.5 Å². The molecule has 0 unspecified atom stereocenters. The molecule has 0 radical (unpaired) electrons. The highest BCUT2D eigenvalue weighted by atomic mass is 19.1. The Morgan fingerprint density at radius 1 is 1.42 bits per heavy atom. The lowest BCUT2D eigenvalue weighted by Gasteiger charge is -2.39. The van der Waals surface area contributed by atoms with Crippen molar-refractivity contribution < 1.29 is 19.1 Å². The fraction of sp³-hybridized carbons (Fsp3) is 0.429. The maximum absolute atomic E-state index is 13.7. The number of carbonyl (C=O) groups is 2. The molecule has 1 aliphatic carbocycles. The first-order valence-electron chi connectivity index (χ1n) is 6.33. The second-order valence-electron chi connectivity index (χ2n) is 4.94. The molecule has 4 nitrogen and oxygen atoms in total. The summed E-state index contributed by atoms with van der Waals surface area (Å²) in [6.07, 6.45) is 3.39. The van der Waals surface area contributed by atoms with Crippen LogP contribution in [0.5, 0.6) is 0 Å². The lowest BCUT2D eigenvalue weighted by atomic mass is 9.66. The third-order valence-electron chi connectivity index (χ3n) is 3.93. The Morgan fingerprint density at radius 2 is 2.11 bits per heavy atom. The lowest BCUT2D eigenvalue weighted by Crippen LogP contribution is -2.41. The number of carboxylic acids is 1. The molecule has 102 valence electrons. The van der Waals surface area contributed by atoms with Crippen molar-refractivity contribution in [1.29, 1.82) is 0 Å². The van der Waals surface area contributed by atoms with E-state index in [2.05, 4.69) is 5.32 Å². The molecule has 1 aliphatic rings. The quantitative estimate of drug-likeness (QED) is 0.879. The summed E-state index contributed by atoms with van der Waals surface area (Å²) < 4.78 is 13.7. The van der Waals surface area contributed by atoms with Crippen molar-refractivity contribution in [2.45, 2.75) is 32.6 Å². The van der Waals surface area contributed by atoms with E-state index in [4.69, 9.17) is 5.11 Å². The number of carboxylic acid groups (broad SMARTS) is 1. The van der Waals surface area contributed by atoms with E-state index in [1.54, 1.807) is 0 Å². The van der Waals surface area contributed by atoms with Gasteiger partial charge in [0.25, 0.3) is 0 Å². The SMILES string of the molecule is CCC1(C(=O)Nc2ccc(C(=O)O)cc2F)CCC1. The summed E-state index contributed by atoms with van der Waals surface area (Å²) in [6, 6.07) is 3.48. The van der Waals surface area contributed by atoms with Crippen molar-refractivity contribution in [1.82, 2.24) is 0 Å². The van der Waals surface area contributed by atoms with Crippen LogP contribution in [0.3, 0.4) is 0 Å². The summed E-state index contributed by atoms with van der Waals surface area (Å²) in [4.78, 5) is 22.8. The average Bonchev–Trinajstić information content (AvgIpc) is 2.30. The molecule has 5 heteroatoms. The molecule has 1 amide bonds. The van der Waals surface area contributed by atoms with Gasteiger partial charge in [-0.15, -0.1) is 0 Å². The topological polar surface area (TPSA) is 66.4 Å². The minimum atomic E-state index is -1.19. The van der Waals surface area contributed by atoms with E-state index >= 15 is 0 Å². The molecule has 0 heterocycles. The predicted octanol–water partition coefficient (Wildman–Crippen LogP) is 3.04. The van der Waals surface area contributed by atoms with Gasteiger partial charge in [-0.2, -0.15) is 0 Å². The summed E-state index contributed by atoms with van der Waals surface area (Å²) in [5, 5.41) is 11.3. The molecule has 0 spiro atoms. The van der Waals surface area contributed by atoms with Crippen LogP contribution in [0.2, 0.25) is 0 Å². The number of nitrogens with one attached hydrogen (secondary N) is 1. The van der Waals surface area contributed by atoms with Crippen molar-refractivity contribution in [3.8, 4) is 0 Å². The number of hydrogen-bond donors (Lipinski definition) is 2. The Bertz CT molecular complexity index is 518. The fourth-order valence-electron chi connectivity index (χ4n) is 2.35. The van der Waals surface area contributed by atoms with Gasteiger partial charge in [-0.1, -0.05) is 13.3 Å². The molecule has 2 N–H and O–H groups in total. The van der Waals surface area contributed by atoms with Gasteiger partial charge >= 0.3 is 5.97 Å². The van der Waals surface area contributed by atoms with Crippen molar-refractivity contribution in [2.75, 3.05) is 5.32 Å². The van der Waals surface area contributed by atoms with Crippen LogP contribution in [0.4, 0.5) is 10.1 Å². The summed E-state index contributed by atoms with van der Waals surface area (Å²) in [6.45, 7) is 1.95. The van der Waals surface area contributed by atoms with Crippen LogP contribution in [0.25, 0.3) is 0 Å². The van der Waals surface area contributed by atoms with Gasteiger partial charge in [0.15, 0.2) is 0 Å². The van der Waals surface area contributed by atoms with Crippen LogP contribution >= 0.6 is 0 Å². The Kier molecular flexibility index (Phi) is 3.55. The third kappa shape index (κ3) is 2.45. The number of carbonyl (C=O) groups excluding carboxylic acids is 1. The molecular formula is C14H16FNO3. The molecule has 19 heavy (non-hydrogen) atoms. The Balaban J connectivity index is 2.15. The summed E-state index contributed by atoms with van der Waals surface area (Å²) in [7, 11) is 0. The van der Waals surface area contributed by atoms with E-state index in [9.17, 15) is 14.0 Å². The predicted molar refractivity (Wildman–Crippen MR) is 68.6 cm³/mol. The van der Waals surface area contributed by atoms with Crippen molar-refractivity contribution in [3.63, 3.8) is 0 Å². The number of halogens is 1. The molecule has 0 atom stereocenters. The van der Waals surface area contributed by atoms with Crippen LogP contribution in [0.1, 0.15) is 43.0 Å². The van der Waals surface area contributed by atoms with Crippen molar-refractivity contribution in [2.24, 2.45) is 5.41 Å². The van der Waals surface area contributed by atoms with Gasteiger partial charge in [0.1, 0.15) is 5.82 Å². The molecular weight excluding hydrogens is 249 g/mol. The number of amides is 1. The third-order valence-corrected chi connectivity index (χ3v) is 3.93. The van der Waals surface area contributed by atoms with Crippen LogP contribution in [0, 0.1) is 11.2 Å². The fourth-order valence-corrected chi connectivity index (χ4v) is 2.35. The van der Waals surface area contributed by atoms with E-state index in [0.717, 1.165) is 31.7 Å². The summed E-state index contributed by atoms with van der Waals surface area (Å²) >= 11 is 0. The number of benzene rings is 1. The first-order chi connectivity index (χ1) is 8.98. The zero-order valence-corrected chi connectivity index (χ0v) is 10.7. The van der Waals surface area contributed by atoms with Crippen LogP contribution in [0.15, 0.2) is 18.2 Å². The molecule has 1 aromatic carbocycles. The minimum absolute atomic E-state index is 0.0368. The second-order valence-corrected chi connectivity index (χ2v) is 4.94. The molecule has 0 saturated heterocycles. The first kappa shape index (κ1) is 13.5. The van der Waals surface area contributed by atoms with E-state index in [1.165, 1.54) is 12.1 Å². The summed E-state index contributed by atoms with van der Waals surface area (Å²) in [5.41, 5.74) is -0.475. The van der Waals surface area contributed by atoms with E-state index in [1.807, 2.05) is 6.92 Å². The highest BCUT2D eigenvalue weighted by molar-refractivity contribution is 5.96. The highest BCUT2D eigenvalue weighted by Crippen LogP contribution is 2.44. The van der Waals surface area contributed by atoms with Gasteiger partial charge < -0.3 is 10.4 Å². The lowest BCUT2D eigenvalue weighted by molar-refractivity contribution is -0.130. The van der Waals surface area contributed by atoms with Gasteiger partial charge in [0, 0.05) is 5.41 Å². The molecule has 2 rings (SSSR count). The van der Waals surface area contributed by atoms with Crippen molar-refractivity contribution >= 4 is 17.6 Å². The largest absolute Gasteiger partial charge is 0.478 e. The minimum Gasteiger partial charge on any atom is -0.478 e. The zero-order valence-electron chi connectivity index (χ0n) is 10.7. The van der Waals surface area contributed by atoms with Gasteiger partial charge in [-0.3, -0.25) is 4.79 Å². The Hall–Kier alpha value is -1.91. The van der Waals surface area contributed by atoms with Gasteiger partial charge in [0.2, 0.25) is 5.91 Å². The molecule has 1 aromatic rings. The Labute approximate surface area is 110 Å². The highest BCUT2D eigenvalue weighted by Gasteiger charge is 2.42. The standard InChI is InChI=1S/C14H16FNO3/c1-2-14(6-3-7-14)13(19)16-11-5-4-9(12(17)18)8-10(11)15/h4-5,8H,2-3,6-7H2,1H3,(H,16,19)(H,17,18). The van der Waals surface area contributed by atoms with Gasteiger partial charge in [-0.25, -0.2) is 9.18 Å². The zero-order chi connectivity index (χ0) is 14.0. The number of hydrogen-bond acceptors (Lipinski definition) is 2. The molecule has 0 aliphatic heterocycles.